The number of pyridine rings is 1. The molecule has 1 heterocycles. The summed E-state index contributed by atoms with van der Waals surface area (Å²) in [4.78, 5) is 4.15. The third-order valence-electron chi connectivity index (χ3n) is 1.87. The zero-order valence-electron chi connectivity index (χ0n) is 6.71. The van der Waals surface area contributed by atoms with Crippen LogP contribution in [0.3, 0.4) is 0 Å². The first-order valence-corrected chi connectivity index (χ1v) is 4.57. The lowest BCUT2D eigenvalue weighted by atomic mass is 10.1. The van der Waals surface area contributed by atoms with Gasteiger partial charge in [-0.2, -0.15) is 0 Å². The molecule has 0 N–H and O–H groups in total. The highest BCUT2D eigenvalue weighted by Crippen LogP contribution is 2.21. The van der Waals surface area contributed by atoms with Crippen LogP contribution in [0.2, 0.25) is 0 Å². The maximum Gasteiger partial charge on any atom is 0.113 e. The summed E-state index contributed by atoms with van der Waals surface area (Å²) in [5.74, 6) is 0. The van der Waals surface area contributed by atoms with E-state index in [1.165, 1.54) is 16.3 Å². The number of benzene rings is 1. The molecule has 0 bridgehead atoms. The standard InChI is InChI=1S/C10H8BrN/c1-7-2-3-9-8(6-7)4-5-12-10(9)11/h2-6H,1H3. The lowest BCUT2D eigenvalue weighted by Gasteiger charge is -1.99. The largest absolute Gasteiger partial charge is 0.249 e. The molecule has 0 aliphatic rings. The Bertz CT molecular complexity index is 423. The molecule has 12 heavy (non-hydrogen) atoms. The van der Waals surface area contributed by atoms with E-state index in [1.807, 2.05) is 12.3 Å². The number of rotatable bonds is 0. The van der Waals surface area contributed by atoms with Gasteiger partial charge in [0.1, 0.15) is 4.60 Å². The second-order valence-corrected chi connectivity index (χ2v) is 3.58. The van der Waals surface area contributed by atoms with Crippen molar-refractivity contribution in [2.45, 2.75) is 6.92 Å². The number of fused-ring (bicyclic) bond motifs is 1. The van der Waals surface area contributed by atoms with Crippen molar-refractivity contribution in [2.24, 2.45) is 0 Å². The Balaban J connectivity index is 2.86. The SMILES string of the molecule is Cc1ccc2c(Br)nccc2c1. The zero-order chi connectivity index (χ0) is 8.55. The van der Waals surface area contributed by atoms with Gasteiger partial charge in [0.2, 0.25) is 0 Å². The summed E-state index contributed by atoms with van der Waals surface area (Å²) in [6.07, 6.45) is 1.81. The highest BCUT2D eigenvalue weighted by Gasteiger charge is 1.97. The minimum Gasteiger partial charge on any atom is -0.249 e. The molecule has 0 spiro atoms. The molecule has 0 unspecified atom stereocenters. The fourth-order valence-electron chi connectivity index (χ4n) is 1.26. The first-order chi connectivity index (χ1) is 5.77. The van der Waals surface area contributed by atoms with E-state index < -0.39 is 0 Å². The summed E-state index contributed by atoms with van der Waals surface area (Å²) in [6.45, 7) is 2.09. The van der Waals surface area contributed by atoms with Crippen LogP contribution in [-0.4, -0.2) is 4.98 Å². The summed E-state index contributed by atoms with van der Waals surface area (Å²) < 4.78 is 0.917. The van der Waals surface area contributed by atoms with Gasteiger partial charge in [0, 0.05) is 11.6 Å². The van der Waals surface area contributed by atoms with E-state index in [0.29, 0.717) is 0 Å². The molecule has 0 atom stereocenters. The van der Waals surface area contributed by atoms with Gasteiger partial charge in [0.15, 0.2) is 0 Å². The summed E-state index contributed by atoms with van der Waals surface area (Å²) in [6, 6.07) is 8.35. The summed E-state index contributed by atoms with van der Waals surface area (Å²) in [5.41, 5.74) is 1.28. The molecule has 2 aromatic rings. The van der Waals surface area contributed by atoms with Crippen LogP contribution < -0.4 is 0 Å². The number of hydrogen-bond donors (Lipinski definition) is 0. The fourth-order valence-corrected chi connectivity index (χ4v) is 1.74. The molecular formula is C10H8BrN. The fraction of sp³-hybridized carbons (Fsp3) is 0.100. The summed E-state index contributed by atoms with van der Waals surface area (Å²) in [5, 5.41) is 2.40. The molecule has 0 amide bonds. The van der Waals surface area contributed by atoms with Crippen molar-refractivity contribution in [1.29, 1.82) is 0 Å². The zero-order valence-corrected chi connectivity index (χ0v) is 8.30. The predicted octanol–water partition coefficient (Wildman–Crippen LogP) is 3.31. The van der Waals surface area contributed by atoms with Gasteiger partial charge < -0.3 is 0 Å². The first-order valence-electron chi connectivity index (χ1n) is 3.78. The van der Waals surface area contributed by atoms with Gasteiger partial charge in [-0.1, -0.05) is 23.8 Å². The third-order valence-corrected chi connectivity index (χ3v) is 2.50. The number of aryl methyl sites for hydroxylation is 1. The van der Waals surface area contributed by atoms with Gasteiger partial charge in [-0.25, -0.2) is 4.98 Å². The predicted molar refractivity (Wildman–Crippen MR) is 54.2 cm³/mol. The maximum atomic E-state index is 4.15. The van der Waals surface area contributed by atoms with E-state index in [9.17, 15) is 0 Å². The van der Waals surface area contributed by atoms with E-state index in [2.05, 4.69) is 46.0 Å². The van der Waals surface area contributed by atoms with Gasteiger partial charge in [0.25, 0.3) is 0 Å². The van der Waals surface area contributed by atoms with Gasteiger partial charge in [-0.15, -0.1) is 0 Å². The van der Waals surface area contributed by atoms with E-state index >= 15 is 0 Å². The quantitative estimate of drug-likeness (QED) is 0.623. The Hall–Kier alpha value is -0.890. The van der Waals surface area contributed by atoms with Crippen LogP contribution in [0, 0.1) is 6.92 Å². The summed E-state index contributed by atoms with van der Waals surface area (Å²) >= 11 is 3.41. The van der Waals surface area contributed by atoms with E-state index in [-0.39, 0.29) is 0 Å². The molecular weight excluding hydrogens is 214 g/mol. The van der Waals surface area contributed by atoms with Gasteiger partial charge in [-0.05, 0) is 34.3 Å². The van der Waals surface area contributed by atoms with Crippen LogP contribution in [0.25, 0.3) is 10.8 Å². The Kier molecular flexibility index (Phi) is 1.85. The van der Waals surface area contributed by atoms with Crippen LogP contribution in [0.15, 0.2) is 35.1 Å². The van der Waals surface area contributed by atoms with Crippen molar-refractivity contribution < 1.29 is 0 Å². The second-order valence-electron chi connectivity index (χ2n) is 2.83. The molecule has 2 heteroatoms. The minimum atomic E-state index is 0.917. The van der Waals surface area contributed by atoms with Crippen LogP contribution >= 0.6 is 15.9 Å². The number of hydrogen-bond acceptors (Lipinski definition) is 1. The molecule has 0 fully saturated rings. The van der Waals surface area contributed by atoms with Crippen molar-refractivity contribution in [1.82, 2.24) is 4.98 Å². The minimum absolute atomic E-state index is 0.917. The topological polar surface area (TPSA) is 12.9 Å². The lowest BCUT2D eigenvalue weighted by Crippen LogP contribution is -1.79. The van der Waals surface area contributed by atoms with E-state index in [4.69, 9.17) is 0 Å². The molecule has 0 radical (unpaired) electrons. The number of aromatic nitrogens is 1. The van der Waals surface area contributed by atoms with Crippen molar-refractivity contribution in [3.8, 4) is 0 Å². The highest BCUT2D eigenvalue weighted by molar-refractivity contribution is 9.10. The van der Waals surface area contributed by atoms with Gasteiger partial charge in [0.05, 0.1) is 0 Å². The monoisotopic (exact) mass is 221 g/mol. The van der Waals surface area contributed by atoms with Gasteiger partial charge >= 0.3 is 0 Å². The number of nitrogens with zero attached hydrogens (tertiary/aromatic N) is 1. The molecule has 1 aromatic heterocycles. The molecule has 0 aliphatic heterocycles. The molecule has 0 saturated carbocycles. The van der Waals surface area contributed by atoms with Gasteiger partial charge in [-0.3, -0.25) is 0 Å². The lowest BCUT2D eigenvalue weighted by molar-refractivity contribution is 1.31. The maximum absolute atomic E-state index is 4.15. The molecule has 2 rings (SSSR count). The van der Waals surface area contributed by atoms with Crippen molar-refractivity contribution in [2.75, 3.05) is 0 Å². The van der Waals surface area contributed by atoms with Crippen LogP contribution in [0.1, 0.15) is 5.56 Å². The van der Waals surface area contributed by atoms with Crippen molar-refractivity contribution in [3.05, 3.63) is 40.6 Å². The van der Waals surface area contributed by atoms with Crippen LogP contribution in [-0.2, 0) is 0 Å². The molecule has 60 valence electrons. The van der Waals surface area contributed by atoms with E-state index in [0.717, 1.165) is 4.60 Å². The third kappa shape index (κ3) is 1.23. The average Bonchev–Trinajstić information content (AvgIpc) is 2.04. The summed E-state index contributed by atoms with van der Waals surface area (Å²) in [7, 11) is 0. The van der Waals surface area contributed by atoms with Crippen molar-refractivity contribution in [3.63, 3.8) is 0 Å². The smallest absolute Gasteiger partial charge is 0.113 e. The average molecular weight is 222 g/mol. The normalized spacial score (nSPS) is 10.5. The van der Waals surface area contributed by atoms with Crippen molar-refractivity contribution >= 4 is 26.7 Å². The second kappa shape index (κ2) is 2.87. The first kappa shape index (κ1) is 7.74. The Morgan fingerprint density at radius 2 is 2.08 bits per heavy atom. The molecule has 1 nitrogen and oxygen atoms in total. The highest BCUT2D eigenvalue weighted by atomic mass is 79.9. The Morgan fingerprint density at radius 1 is 1.25 bits per heavy atom. The Labute approximate surface area is 79.6 Å². The van der Waals surface area contributed by atoms with Crippen LogP contribution in [0.5, 0.6) is 0 Å². The Morgan fingerprint density at radius 3 is 2.92 bits per heavy atom. The van der Waals surface area contributed by atoms with Crippen LogP contribution in [0.4, 0.5) is 0 Å². The molecule has 1 aromatic carbocycles. The van der Waals surface area contributed by atoms with E-state index in [1.54, 1.807) is 0 Å². The molecule has 0 aliphatic carbocycles. The molecule has 0 saturated heterocycles. The number of halogens is 1.